The van der Waals surface area contributed by atoms with Gasteiger partial charge in [0.25, 0.3) is 5.91 Å². The van der Waals surface area contributed by atoms with E-state index in [4.69, 9.17) is 5.11 Å². The van der Waals surface area contributed by atoms with Crippen LogP contribution < -0.4 is 5.32 Å². The van der Waals surface area contributed by atoms with E-state index in [1.54, 1.807) is 0 Å². The topological polar surface area (TPSA) is 104 Å². The maximum absolute atomic E-state index is 11.9. The van der Waals surface area contributed by atoms with Gasteiger partial charge in [-0.25, -0.2) is 0 Å². The van der Waals surface area contributed by atoms with E-state index in [1.165, 1.54) is 7.05 Å². The zero-order valence-corrected chi connectivity index (χ0v) is 10.6. The lowest BCUT2D eigenvalue weighted by Crippen LogP contribution is -2.43. The van der Waals surface area contributed by atoms with Gasteiger partial charge in [0.1, 0.15) is 6.04 Å². The Morgan fingerprint density at radius 2 is 1.89 bits per heavy atom. The van der Waals surface area contributed by atoms with Crippen molar-refractivity contribution >= 4 is 23.7 Å². The molecule has 7 nitrogen and oxygen atoms in total. The molecule has 0 aromatic carbocycles. The van der Waals surface area contributed by atoms with Gasteiger partial charge < -0.3 is 10.4 Å². The Kier molecular flexibility index (Phi) is 3.55. The SMILES string of the molecule is CN1C(=O)CC(NC(=O)C2CCC(C(=O)O)C2)C1=O. The molecule has 2 rings (SSSR count). The van der Waals surface area contributed by atoms with Crippen molar-refractivity contribution in [3.05, 3.63) is 0 Å². The molecule has 1 aliphatic heterocycles. The number of hydrogen-bond donors (Lipinski definition) is 2. The molecule has 1 aliphatic carbocycles. The van der Waals surface area contributed by atoms with Crippen LogP contribution in [0.4, 0.5) is 0 Å². The number of carboxylic acid groups (broad SMARTS) is 1. The normalized spacial score (nSPS) is 30.8. The van der Waals surface area contributed by atoms with E-state index < -0.39 is 23.8 Å². The number of rotatable bonds is 3. The fraction of sp³-hybridized carbons (Fsp3) is 0.667. The number of likely N-dealkylation sites (tertiary alicyclic amines) is 1. The predicted octanol–water partition coefficient (Wildman–Crippen LogP) is -0.639. The molecule has 2 fully saturated rings. The average molecular weight is 268 g/mol. The summed E-state index contributed by atoms with van der Waals surface area (Å²) < 4.78 is 0. The summed E-state index contributed by atoms with van der Waals surface area (Å²) in [5, 5.41) is 11.4. The largest absolute Gasteiger partial charge is 0.481 e. The molecular formula is C12H16N2O5. The van der Waals surface area contributed by atoms with Gasteiger partial charge in [-0.05, 0) is 19.3 Å². The van der Waals surface area contributed by atoms with Gasteiger partial charge in [0.2, 0.25) is 11.8 Å². The minimum absolute atomic E-state index is 0.0177. The molecule has 0 bridgehead atoms. The van der Waals surface area contributed by atoms with Crippen LogP contribution in [-0.2, 0) is 19.2 Å². The number of carbonyl (C=O) groups excluding carboxylic acids is 3. The first-order valence-corrected chi connectivity index (χ1v) is 6.23. The lowest BCUT2D eigenvalue weighted by atomic mass is 10.0. The summed E-state index contributed by atoms with van der Waals surface area (Å²) in [5.74, 6) is -2.81. The molecule has 0 spiro atoms. The van der Waals surface area contributed by atoms with Gasteiger partial charge in [0, 0.05) is 13.0 Å². The Labute approximate surface area is 109 Å². The zero-order valence-electron chi connectivity index (χ0n) is 10.6. The van der Waals surface area contributed by atoms with Crippen molar-refractivity contribution in [2.45, 2.75) is 31.7 Å². The molecular weight excluding hydrogens is 252 g/mol. The monoisotopic (exact) mass is 268 g/mol. The van der Waals surface area contributed by atoms with Gasteiger partial charge in [-0.2, -0.15) is 0 Å². The zero-order chi connectivity index (χ0) is 14.2. The number of nitrogens with zero attached hydrogens (tertiary/aromatic N) is 1. The summed E-state index contributed by atoms with van der Waals surface area (Å²) in [6.07, 6.45) is 1.26. The number of aliphatic carboxylic acids is 1. The van der Waals surface area contributed by atoms with E-state index in [0.717, 1.165) is 4.90 Å². The van der Waals surface area contributed by atoms with Crippen molar-refractivity contribution in [2.24, 2.45) is 11.8 Å². The second-order valence-corrected chi connectivity index (χ2v) is 5.10. The third kappa shape index (κ3) is 2.59. The number of carbonyl (C=O) groups is 4. The fourth-order valence-corrected chi connectivity index (χ4v) is 2.60. The average Bonchev–Trinajstić information content (AvgIpc) is 2.92. The fourth-order valence-electron chi connectivity index (χ4n) is 2.60. The molecule has 3 unspecified atom stereocenters. The second-order valence-electron chi connectivity index (χ2n) is 5.10. The summed E-state index contributed by atoms with van der Waals surface area (Å²) >= 11 is 0. The molecule has 2 aliphatic rings. The van der Waals surface area contributed by atoms with Crippen LogP contribution in [0.15, 0.2) is 0 Å². The number of hydrogen-bond acceptors (Lipinski definition) is 4. The number of amides is 3. The third-order valence-corrected chi connectivity index (χ3v) is 3.85. The van der Waals surface area contributed by atoms with Crippen LogP contribution in [0.25, 0.3) is 0 Å². The van der Waals surface area contributed by atoms with Gasteiger partial charge in [-0.1, -0.05) is 0 Å². The molecule has 2 N–H and O–H groups in total. The first-order chi connectivity index (χ1) is 8.90. The van der Waals surface area contributed by atoms with Crippen LogP contribution in [-0.4, -0.2) is 46.8 Å². The van der Waals surface area contributed by atoms with E-state index in [9.17, 15) is 19.2 Å². The highest BCUT2D eigenvalue weighted by atomic mass is 16.4. The maximum atomic E-state index is 11.9. The van der Waals surface area contributed by atoms with Crippen molar-refractivity contribution < 1.29 is 24.3 Å². The van der Waals surface area contributed by atoms with Crippen molar-refractivity contribution in [1.29, 1.82) is 0 Å². The molecule has 3 amide bonds. The van der Waals surface area contributed by atoms with Crippen LogP contribution in [0.3, 0.4) is 0 Å². The first kappa shape index (κ1) is 13.5. The van der Waals surface area contributed by atoms with E-state index >= 15 is 0 Å². The third-order valence-electron chi connectivity index (χ3n) is 3.85. The molecule has 0 aromatic rings. The van der Waals surface area contributed by atoms with E-state index in [0.29, 0.717) is 19.3 Å². The van der Waals surface area contributed by atoms with Gasteiger partial charge in [0.05, 0.1) is 12.3 Å². The van der Waals surface area contributed by atoms with E-state index in [-0.39, 0.29) is 24.2 Å². The number of nitrogens with one attached hydrogen (secondary N) is 1. The summed E-state index contributed by atoms with van der Waals surface area (Å²) in [4.78, 5) is 46.7. The number of carboxylic acids is 1. The van der Waals surface area contributed by atoms with Crippen LogP contribution in [0.2, 0.25) is 0 Å². The van der Waals surface area contributed by atoms with Crippen molar-refractivity contribution in [3.8, 4) is 0 Å². The highest BCUT2D eigenvalue weighted by molar-refractivity contribution is 6.06. The first-order valence-electron chi connectivity index (χ1n) is 6.23. The molecule has 104 valence electrons. The van der Waals surface area contributed by atoms with Gasteiger partial charge in [-0.15, -0.1) is 0 Å². The lowest BCUT2D eigenvalue weighted by molar-refractivity contribution is -0.142. The smallest absolute Gasteiger partial charge is 0.306 e. The van der Waals surface area contributed by atoms with E-state index in [1.807, 2.05) is 0 Å². The molecule has 1 saturated heterocycles. The lowest BCUT2D eigenvalue weighted by Gasteiger charge is -2.14. The standard InChI is InChI=1S/C12H16N2O5/c1-14-9(15)5-8(11(14)17)13-10(16)6-2-3-7(4-6)12(18)19/h6-8H,2-5H2,1H3,(H,13,16)(H,18,19). The minimum Gasteiger partial charge on any atom is -0.481 e. The molecule has 0 radical (unpaired) electrons. The summed E-state index contributed by atoms with van der Waals surface area (Å²) in [5.41, 5.74) is 0. The van der Waals surface area contributed by atoms with Crippen LogP contribution in [0.5, 0.6) is 0 Å². The number of imide groups is 1. The Balaban J connectivity index is 1.91. The molecule has 1 heterocycles. The Hall–Kier alpha value is -1.92. The van der Waals surface area contributed by atoms with Crippen LogP contribution in [0, 0.1) is 11.8 Å². The summed E-state index contributed by atoms with van der Waals surface area (Å²) in [7, 11) is 1.38. The quantitative estimate of drug-likeness (QED) is 0.663. The molecule has 1 saturated carbocycles. The Morgan fingerprint density at radius 1 is 1.26 bits per heavy atom. The number of likely N-dealkylation sites (N-methyl/N-ethyl adjacent to an activating group) is 1. The minimum atomic E-state index is -0.887. The highest BCUT2D eigenvalue weighted by Gasteiger charge is 2.40. The van der Waals surface area contributed by atoms with Crippen molar-refractivity contribution in [2.75, 3.05) is 7.05 Å². The van der Waals surface area contributed by atoms with E-state index in [2.05, 4.69) is 5.32 Å². The summed E-state index contributed by atoms with van der Waals surface area (Å²) in [6.45, 7) is 0. The van der Waals surface area contributed by atoms with Gasteiger partial charge >= 0.3 is 5.97 Å². The Bertz CT molecular complexity index is 447. The second kappa shape index (κ2) is 4.99. The maximum Gasteiger partial charge on any atom is 0.306 e. The van der Waals surface area contributed by atoms with Gasteiger partial charge in [0.15, 0.2) is 0 Å². The molecule has 19 heavy (non-hydrogen) atoms. The van der Waals surface area contributed by atoms with Crippen LogP contribution in [0.1, 0.15) is 25.7 Å². The molecule has 3 atom stereocenters. The van der Waals surface area contributed by atoms with Crippen LogP contribution >= 0.6 is 0 Å². The highest BCUT2D eigenvalue weighted by Crippen LogP contribution is 2.31. The Morgan fingerprint density at radius 3 is 2.37 bits per heavy atom. The van der Waals surface area contributed by atoms with Crippen molar-refractivity contribution in [3.63, 3.8) is 0 Å². The molecule has 0 aromatic heterocycles. The van der Waals surface area contributed by atoms with Gasteiger partial charge in [-0.3, -0.25) is 24.1 Å². The summed E-state index contributed by atoms with van der Waals surface area (Å²) in [6, 6.07) is -0.797. The van der Waals surface area contributed by atoms with Crippen molar-refractivity contribution in [1.82, 2.24) is 10.2 Å². The molecule has 7 heteroatoms. The predicted molar refractivity (Wildman–Crippen MR) is 62.8 cm³/mol.